The highest BCUT2D eigenvalue weighted by molar-refractivity contribution is 5.89. The van der Waals surface area contributed by atoms with E-state index in [1.807, 2.05) is 55.5 Å². The number of carbonyl (C=O) groups excluding carboxylic acids is 2. The molecule has 0 aliphatic carbocycles. The van der Waals surface area contributed by atoms with Crippen molar-refractivity contribution in [2.45, 2.75) is 44.7 Å². The Labute approximate surface area is 176 Å². The molecule has 0 fully saturated rings. The molecule has 0 heterocycles. The van der Waals surface area contributed by atoms with Gasteiger partial charge >= 0.3 is 12.1 Å². The zero-order valence-corrected chi connectivity index (χ0v) is 17.0. The largest absolute Gasteiger partial charge is 0.480 e. The van der Waals surface area contributed by atoms with E-state index in [0.29, 0.717) is 0 Å². The van der Waals surface area contributed by atoms with Crippen LogP contribution in [0.2, 0.25) is 0 Å². The van der Waals surface area contributed by atoms with E-state index in [2.05, 4.69) is 10.6 Å². The van der Waals surface area contributed by atoms with Crippen molar-refractivity contribution < 1.29 is 24.2 Å². The molecule has 0 aliphatic rings. The van der Waals surface area contributed by atoms with E-state index in [-0.39, 0.29) is 19.4 Å². The molecule has 2 atom stereocenters. The van der Waals surface area contributed by atoms with Crippen molar-refractivity contribution in [3.63, 3.8) is 0 Å². The van der Waals surface area contributed by atoms with Gasteiger partial charge in [0.05, 0.1) is 6.61 Å². The fourth-order valence-corrected chi connectivity index (χ4v) is 2.87. The molecule has 2 aromatic rings. The summed E-state index contributed by atoms with van der Waals surface area (Å²) >= 11 is 0. The summed E-state index contributed by atoms with van der Waals surface area (Å²) in [6.45, 7) is 2.24. The average molecular weight is 412 g/mol. The van der Waals surface area contributed by atoms with Gasteiger partial charge in [0.1, 0.15) is 12.1 Å². The smallest absolute Gasteiger partial charge is 0.407 e. The monoisotopic (exact) mass is 412 g/mol. The number of carboxylic acid groups (broad SMARTS) is 1. The maximum atomic E-state index is 12.9. The summed E-state index contributed by atoms with van der Waals surface area (Å²) in [5.74, 6) is -1.72. The number of amides is 2. The predicted octanol–water partition coefficient (Wildman–Crippen LogP) is 2.94. The number of hydrogen-bond donors (Lipinski definition) is 3. The first-order chi connectivity index (χ1) is 14.5. The Morgan fingerprint density at radius 2 is 1.40 bits per heavy atom. The number of carboxylic acids is 1. The summed E-state index contributed by atoms with van der Waals surface area (Å²) in [4.78, 5) is 36.7. The Kier molecular flexibility index (Phi) is 9.37. The van der Waals surface area contributed by atoms with Crippen LogP contribution in [-0.2, 0) is 27.2 Å². The first-order valence-electron chi connectivity index (χ1n) is 10.0. The van der Waals surface area contributed by atoms with Crippen LogP contribution < -0.4 is 10.6 Å². The lowest BCUT2D eigenvalue weighted by molar-refractivity contribution is -0.142. The minimum absolute atomic E-state index is 0.140. The molecule has 0 saturated heterocycles. The van der Waals surface area contributed by atoms with Crippen LogP contribution in [0.5, 0.6) is 0 Å². The highest BCUT2D eigenvalue weighted by Gasteiger charge is 2.27. The Bertz CT molecular complexity index is 811. The lowest BCUT2D eigenvalue weighted by atomic mass is 10.0. The van der Waals surface area contributed by atoms with Crippen LogP contribution in [0.4, 0.5) is 4.79 Å². The standard InChI is InChI=1S/C23H28N2O5/c1-2-3-14-30-23(29)25-19(15-17-10-6-4-7-11-17)21(26)24-20(22(27)28)16-18-12-8-5-9-13-18/h4-13,19-20H,2-3,14-16H2,1H3,(H,24,26)(H,25,29)(H,27,28)/t19-,20-/m0/s1. The van der Waals surface area contributed by atoms with Crippen LogP contribution in [0.3, 0.4) is 0 Å². The molecule has 0 aromatic heterocycles. The van der Waals surface area contributed by atoms with Crippen molar-refractivity contribution in [3.05, 3.63) is 71.8 Å². The fraction of sp³-hybridized carbons (Fsp3) is 0.348. The van der Waals surface area contributed by atoms with Gasteiger partial charge in [-0.05, 0) is 17.5 Å². The topological polar surface area (TPSA) is 105 Å². The van der Waals surface area contributed by atoms with E-state index in [1.165, 1.54) is 0 Å². The summed E-state index contributed by atoms with van der Waals surface area (Å²) in [5.41, 5.74) is 1.62. The summed E-state index contributed by atoms with van der Waals surface area (Å²) < 4.78 is 5.10. The Morgan fingerprint density at radius 1 is 0.867 bits per heavy atom. The van der Waals surface area contributed by atoms with E-state index < -0.39 is 30.1 Å². The zero-order chi connectivity index (χ0) is 21.8. The predicted molar refractivity (Wildman–Crippen MR) is 113 cm³/mol. The molecule has 30 heavy (non-hydrogen) atoms. The van der Waals surface area contributed by atoms with Gasteiger partial charge < -0.3 is 20.5 Å². The molecule has 0 unspecified atom stereocenters. The van der Waals surface area contributed by atoms with Crippen LogP contribution in [-0.4, -0.2) is 41.8 Å². The van der Waals surface area contributed by atoms with E-state index in [9.17, 15) is 19.5 Å². The maximum Gasteiger partial charge on any atom is 0.407 e. The number of aliphatic carboxylic acids is 1. The Hall–Kier alpha value is -3.35. The van der Waals surface area contributed by atoms with E-state index in [0.717, 1.165) is 24.0 Å². The molecule has 0 radical (unpaired) electrons. The van der Waals surface area contributed by atoms with Gasteiger partial charge in [0.15, 0.2) is 0 Å². The van der Waals surface area contributed by atoms with Crippen molar-refractivity contribution in [1.29, 1.82) is 0 Å². The van der Waals surface area contributed by atoms with Crippen molar-refractivity contribution >= 4 is 18.0 Å². The van der Waals surface area contributed by atoms with Gasteiger partial charge in [0, 0.05) is 12.8 Å². The quantitative estimate of drug-likeness (QED) is 0.492. The minimum Gasteiger partial charge on any atom is -0.480 e. The van der Waals surface area contributed by atoms with Crippen molar-refractivity contribution in [1.82, 2.24) is 10.6 Å². The van der Waals surface area contributed by atoms with Gasteiger partial charge in [-0.15, -0.1) is 0 Å². The molecule has 2 amide bonds. The number of alkyl carbamates (subject to hydrolysis) is 1. The number of hydrogen-bond acceptors (Lipinski definition) is 4. The molecule has 2 aromatic carbocycles. The maximum absolute atomic E-state index is 12.9. The second-order valence-corrected chi connectivity index (χ2v) is 6.97. The molecule has 0 bridgehead atoms. The number of rotatable bonds is 11. The number of carbonyl (C=O) groups is 3. The molecule has 3 N–H and O–H groups in total. The van der Waals surface area contributed by atoms with Crippen molar-refractivity contribution in [2.75, 3.05) is 6.61 Å². The van der Waals surface area contributed by atoms with Gasteiger partial charge in [-0.3, -0.25) is 4.79 Å². The lowest BCUT2D eigenvalue weighted by Gasteiger charge is -2.21. The van der Waals surface area contributed by atoms with Crippen LogP contribution in [0.15, 0.2) is 60.7 Å². The Balaban J connectivity index is 2.08. The highest BCUT2D eigenvalue weighted by atomic mass is 16.5. The summed E-state index contributed by atoms with van der Waals surface area (Å²) in [6, 6.07) is 16.2. The lowest BCUT2D eigenvalue weighted by Crippen LogP contribution is -2.53. The molecule has 0 aliphatic heterocycles. The van der Waals surface area contributed by atoms with Gasteiger partial charge in [-0.2, -0.15) is 0 Å². The van der Waals surface area contributed by atoms with Gasteiger partial charge in [-0.1, -0.05) is 74.0 Å². The van der Waals surface area contributed by atoms with Crippen LogP contribution >= 0.6 is 0 Å². The minimum atomic E-state index is -1.14. The summed E-state index contributed by atoms with van der Waals surface area (Å²) in [6.07, 6.45) is 1.26. The molecule has 160 valence electrons. The van der Waals surface area contributed by atoms with E-state index in [1.54, 1.807) is 12.1 Å². The normalized spacial score (nSPS) is 12.4. The molecule has 0 saturated carbocycles. The number of nitrogens with one attached hydrogen (secondary N) is 2. The number of benzene rings is 2. The number of ether oxygens (including phenoxy) is 1. The number of unbranched alkanes of at least 4 members (excludes halogenated alkanes) is 1. The molecule has 2 rings (SSSR count). The highest BCUT2D eigenvalue weighted by Crippen LogP contribution is 2.07. The fourth-order valence-electron chi connectivity index (χ4n) is 2.87. The second-order valence-electron chi connectivity index (χ2n) is 6.97. The van der Waals surface area contributed by atoms with E-state index >= 15 is 0 Å². The molecular formula is C23H28N2O5. The van der Waals surface area contributed by atoms with E-state index in [4.69, 9.17) is 4.74 Å². The van der Waals surface area contributed by atoms with Crippen molar-refractivity contribution in [3.8, 4) is 0 Å². The first-order valence-corrected chi connectivity index (χ1v) is 10.0. The van der Waals surface area contributed by atoms with Crippen LogP contribution in [0.25, 0.3) is 0 Å². The molecule has 7 nitrogen and oxygen atoms in total. The summed E-state index contributed by atoms with van der Waals surface area (Å²) in [7, 11) is 0. The van der Waals surface area contributed by atoms with Gasteiger partial charge in [0.25, 0.3) is 0 Å². The summed E-state index contributed by atoms with van der Waals surface area (Å²) in [5, 5.41) is 14.7. The SMILES string of the molecule is CCCCOC(=O)N[C@@H](Cc1ccccc1)C(=O)N[C@@H](Cc1ccccc1)C(=O)O. The van der Waals surface area contributed by atoms with Crippen molar-refractivity contribution in [2.24, 2.45) is 0 Å². The molecular weight excluding hydrogens is 384 g/mol. The second kappa shape index (κ2) is 12.3. The third-order valence-electron chi connectivity index (χ3n) is 4.52. The third-order valence-corrected chi connectivity index (χ3v) is 4.52. The molecule has 7 heteroatoms. The third kappa shape index (κ3) is 7.95. The molecule has 0 spiro atoms. The zero-order valence-electron chi connectivity index (χ0n) is 17.0. The average Bonchev–Trinajstić information content (AvgIpc) is 2.74. The van der Waals surface area contributed by atoms with Gasteiger partial charge in [-0.25, -0.2) is 9.59 Å². The van der Waals surface area contributed by atoms with Crippen LogP contribution in [0, 0.1) is 0 Å². The van der Waals surface area contributed by atoms with Gasteiger partial charge in [0.2, 0.25) is 5.91 Å². The Morgan fingerprint density at radius 3 is 1.90 bits per heavy atom. The first kappa shape index (κ1) is 22.9. The van der Waals surface area contributed by atoms with Crippen LogP contribution in [0.1, 0.15) is 30.9 Å².